The average molecular weight is 565 g/mol. The Morgan fingerprint density at radius 2 is 1.80 bits per heavy atom. The Kier molecular flexibility index (Phi) is 7.68. The van der Waals surface area contributed by atoms with Crippen LogP contribution in [0.2, 0.25) is 0 Å². The Morgan fingerprint density at radius 1 is 1.07 bits per heavy atom. The number of ether oxygens (including phenoxy) is 2. The summed E-state index contributed by atoms with van der Waals surface area (Å²) in [4.78, 5) is 39.0. The van der Waals surface area contributed by atoms with Crippen molar-refractivity contribution in [2.24, 2.45) is 7.05 Å². The van der Waals surface area contributed by atoms with Crippen molar-refractivity contribution >= 4 is 22.8 Å². The first-order valence-electron chi connectivity index (χ1n) is 13.0. The molecule has 212 valence electrons. The van der Waals surface area contributed by atoms with E-state index in [1.54, 1.807) is 32.2 Å². The third kappa shape index (κ3) is 5.11. The standard InChI is InChI=1S/C31H27F3N2O5/c1-16-21-14-18(32)8-10-26(21)36(2)30(38)27(16)20-9-7-17(22-15-41-12-11-19(20)22)13-25(31(39)40-3)35-29(37)28-23(33)5-4-6-24(28)34/h4-10,14,25H,11-13,15H2,1-3H3,(H,35,37)/t25-/m0/s1. The number of methoxy groups -OCH3 is 1. The SMILES string of the molecule is COC(=O)[C@H](Cc1ccc(-c2c(C)c3cc(F)ccc3n(C)c2=O)c2c1COCC2)NC(=O)c1c(F)cccc1F. The molecular formula is C31H27F3N2O5. The fourth-order valence-corrected chi connectivity index (χ4v) is 5.47. The highest BCUT2D eigenvalue weighted by atomic mass is 19.1. The van der Waals surface area contributed by atoms with Gasteiger partial charge in [0.05, 0.1) is 31.4 Å². The van der Waals surface area contributed by atoms with Gasteiger partial charge in [0.1, 0.15) is 29.1 Å². The summed E-state index contributed by atoms with van der Waals surface area (Å²) in [6, 6.07) is 9.55. The van der Waals surface area contributed by atoms with Crippen LogP contribution in [0.25, 0.3) is 22.0 Å². The van der Waals surface area contributed by atoms with E-state index in [2.05, 4.69) is 5.32 Å². The van der Waals surface area contributed by atoms with Gasteiger partial charge in [-0.3, -0.25) is 9.59 Å². The number of aryl methyl sites for hydroxylation is 2. The summed E-state index contributed by atoms with van der Waals surface area (Å²) in [5, 5.41) is 3.01. The van der Waals surface area contributed by atoms with Gasteiger partial charge in [0, 0.05) is 18.9 Å². The number of rotatable bonds is 6. The molecule has 0 bridgehead atoms. The molecule has 0 unspecified atom stereocenters. The number of fused-ring (bicyclic) bond motifs is 2. The van der Waals surface area contributed by atoms with Crippen molar-refractivity contribution in [2.75, 3.05) is 13.7 Å². The van der Waals surface area contributed by atoms with Gasteiger partial charge in [0.2, 0.25) is 0 Å². The van der Waals surface area contributed by atoms with Gasteiger partial charge in [-0.1, -0.05) is 18.2 Å². The molecule has 0 radical (unpaired) electrons. The maximum Gasteiger partial charge on any atom is 0.328 e. The Labute approximate surface area is 233 Å². The maximum atomic E-state index is 14.2. The number of carbonyl (C=O) groups is 2. The predicted octanol–water partition coefficient (Wildman–Crippen LogP) is 4.52. The minimum Gasteiger partial charge on any atom is -0.467 e. The smallest absolute Gasteiger partial charge is 0.328 e. The van der Waals surface area contributed by atoms with Crippen molar-refractivity contribution in [3.63, 3.8) is 0 Å². The predicted molar refractivity (Wildman–Crippen MR) is 146 cm³/mol. The molecule has 3 aromatic carbocycles. The summed E-state index contributed by atoms with van der Waals surface area (Å²) < 4.78 is 54.7. The summed E-state index contributed by atoms with van der Waals surface area (Å²) in [5.41, 5.74) is 3.50. The van der Waals surface area contributed by atoms with Gasteiger partial charge in [-0.05, 0) is 71.5 Å². The molecule has 7 nitrogen and oxygen atoms in total. The van der Waals surface area contributed by atoms with Gasteiger partial charge in [0.25, 0.3) is 11.5 Å². The van der Waals surface area contributed by atoms with Crippen LogP contribution in [0.3, 0.4) is 0 Å². The van der Waals surface area contributed by atoms with Crippen LogP contribution >= 0.6 is 0 Å². The van der Waals surface area contributed by atoms with Gasteiger partial charge in [0.15, 0.2) is 0 Å². The van der Waals surface area contributed by atoms with Gasteiger partial charge in [-0.15, -0.1) is 0 Å². The molecule has 41 heavy (non-hydrogen) atoms. The van der Waals surface area contributed by atoms with Crippen LogP contribution in [0, 0.1) is 24.4 Å². The molecule has 0 aliphatic carbocycles. The van der Waals surface area contributed by atoms with Gasteiger partial charge >= 0.3 is 5.97 Å². The fraction of sp³-hybridized carbons (Fsp3) is 0.258. The molecule has 10 heteroatoms. The monoisotopic (exact) mass is 564 g/mol. The molecule has 4 aromatic rings. The number of hydrogen-bond acceptors (Lipinski definition) is 5. The van der Waals surface area contributed by atoms with Gasteiger partial charge in [-0.2, -0.15) is 0 Å². The van der Waals surface area contributed by atoms with Crippen molar-refractivity contribution < 1.29 is 32.2 Å². The van der Waals surface area contributed by atoms with E-state index in [9.17, 15) is 27.6 Å². The zero-order valence-corrected chi connectivity index (χ0v) is 22.6. The molecule has 1 amide bonds. The van der Waals surface area contributed by atoms with Gasteiger partial charge < -0.3 is 19.4 Å². The number of aromatic nitrogens is 1. The fourth-order valence-electron chi connectivity index (χ4n) is 5.47. The van der Waals surface area contributed by atoms with Crippen LogP contribution < -0.4 is 10.9 Å². The van der Waals surface area contributed by atoms with Crippen LogP contribution in [0.1, 0.15) is 32.6 Å². The van der Waals surface area contributed by atoms with E-state index in [-0.39, 0.29) is 18.6 Å². The van der Waals surface area contributed by atoms with Gasteiger partial charge in [-0.25, -0.2) is 18.0 Å². The van der Waals surface area contributed by atoms with E-state index in [1.807, 2.05) is 0 Å². The lowest BCUT2D eigenvalue weighted by Gasteiger charge is -2.26. The number of pyridine rings is 1. The van der Waals surface area contributed by atoms with Crippen LogP contribution in [0.15, 0.2) is 53.3 Å². The number of carbonyl (C=O) groups excluding carboxylic acids is 2. The second kappa shape index (κ2) is 11.2. The Bertz CT molecular complexity index is 1750. The van der Waals surface area contributed by atoms with Crippen molar-refractivity contribution in [1.82, 2.24) is 9.88 Å². The lowest BCUT2D eigenvalue weighted by molar-refractivity contribution is -0.142. The van der Waals surface area contributed by atoms with E-state index in [4.69, 9.17) is 9.47 Å². The van der Waals surface area contributed by atoms with Crippen LogP contribution in [-0.4, -0.2) is 36.2 Å². The maximum absolute atomic E-state index is 14.2. The number of amides is 1. The van der Waals surface area contributed by atoms with E-state index in [0.717, 1.165) is 36.4 Å². The van der Waals surface area contributed by atoms with E-state index >= 15 is 0 Å². The van der Waals surface area contributed by atoms with Crippen molar-refractivity contribution in [1.29, 1.82) is 0 Å². The first-order chi connectivity index (χ1) is 19.6. The number of esters is 1. The molecular weight excluding hydrogens is 537 g/mol. The minimum absolute atomic E-state index is 0.0552. The van der Waals surface area contributed by atoms with Crippen molar-refractivity contribution in [2.45, 2.75) is 32.4 Å². The topological polar surface area (TPSA) is 86.6 Å². The van der Waals surface area contributed by atoms with Crippen LogP contribution in [0.5, 0.6) is 0 Å². The second-order valence-electron chi connectivity index (χ2n) is 9.91. The molecule has 0 saturated heterocycles. The molecule has 1 aromatic heterocycles. The normalized spacial score (nSPS) is 13.5. The number of halogens is 3. The second-order valence-corrected chi connectivity index (χ2v) is 9.91. The lowest BCUT2D eigenvalue weighted by Crippen LogP contribution is -2.44. The number of benzene rings is 3. The highest BCUT2D eigenvalue weighted by Crippen LogP contribution is 2.35. The Balaban J connectivity index is 1.58. The molecule has 0 fully saturated rings. The van der Waals surface area contributed by atoms with E-state index in [0.29, 0.717) is 46.2 Å². The molecule has 2 heterocycles. The first kappa shape index (κ1) is 28.1. The first-order valence-corrected chi connectivity index (χ1v) is 13.0. The zero-order valence-electron chi connectivity index (χ0n) is 22.6. The molecule has 0 saturated carbocycles. The third-order valence-electron chi connectivity index (χ3n) is 7.56. The highest BCUT2D eigenvalue weighted by Gasteiger charge is 2.29. The highest BCUT2D eigenvalue weighted by molar-refractivity contribution is 5.97. The third-order valence-corrected chi connectivity index (χ3v) is 7.56. The molecule has 1 aliphatic heterocycles. The molecule has 5 rings (SSSR count). The van der Waals surface area contributed by atoms with E-state index < -0.39 is 40.9 Å². The summed E-state index contributed by atoms with van der Waals surface area (Å²) in [6.07, 6.45) is 0.415. The zero-order chi connectivity index (χ0) is 29.4. The summed E-state index contributed by atoms with van der Waals surface area (Å²) in [6.45, 7) is 2.36. The largest absolute Gasteiger partial charge is 0.467 e. The van der Waals surface area contributed by atoms with Crippen molar-refractivity contribution in [3.05, 3.63) is 104 Å². The van der Waals surface area contributed by atoms with E-state index in [1.165, 1.54) is 16.7 Å². The Morgan fingerprint density at radius 3 is 2.51 bits per heavy atom. The molecule has 1 atom stereocenters. The average Bonchev–Trinajstić information content (AvgIpc) is 2.96. The molecule has 1 N–H and O–H groups in total. The van der Waals surface area contributed by atoms with Crippen LogP contribution in [-0.2, 0) is 40.8 Å². The minimum atomic E-state index is -1.26. The summed E-state index contributed by atoms with van der Waals surface area (Å²) in [7, 11) is 2.78. The van der Waals surface area contributed by atoms with Crippen LogP contribution in [0.4, 0.5) is 13.2 Å². The molecule has 0 spiro atoms. The number of nitrogens with zero attached hydrogens (tertiary/aromatic N) is 1. The summed E-state index contributed by atoms with van der Waals surface area (Å²) >= 11 is 0. The van der Waals surface area contributed by atoms with Crippen molar-refractivity contribution in [3.8, 4) is 11.1 Å². The molecule has 1 aliphatic rings. The summed E-state index contributed by atoms with van der Waals surface area (Å²) in [5.74, 6) is -4.43. The number of hydrogen-bond donors (Lipinski definition) is 1. The Hall–Kier alpha value is -4.44. The quantitative estimate of drug-likeness (QED) is 0.348. The number of nitrogens with one attached hydrogen (secondary N) is 1. The lowest BCUT2D eigenvalue weighted by atomic mass is 9.86.